The Morgan fingerprint density at radius 2 is 1.92 bits per heavy atom. The van der Waals surface area contributed by atoms with Crippen LogP contribution in [0, 0.1) is 0 Å². The summed E-state index contributed by atoms with van der Waals surface area (Å²) < 4.78 is 11.2. The molecule has 1 N–H and O–H groups in total. The maximum absolute atomic E-state index is 13.2. The lowest BCUT2D eigenvalue weighted by atomic mass is 9.64. The normalized spacial score (nSPS) is 15.0. The van der Waals surface area contributed by atoms with Crippen LogP contribution in [0.25, 0.3) is 0 Å². The molecule has 0 unspecified atom stereocenters. The Morgan fingerprint density at radius 3 is 2.54 bits per heavy atom. The number of hydrogen-bond acceptors (Lipinski definition) is 3. The van der Waals surface area contributed by atoms with E-state index in [1.54, 1.807) is 7.11 Å². The summed E-state index contributed by atoms with van der Waals surface area (Å²) in [6.45, 7) is 2.76. The van der Waals surface area contributed by atoms with Crippen LogP contribution < -0.4 is 14.8 Å². The van der Waals surface area contributed by atoms with Gasteiger partial charge in [0.1, 0.15) is 11.5 Å². The summed E-state index contributed by atoms with van der Waals surface area (Å²) in [7, 11) is 1.62. The van der Waals surface area contributed by atoms with Gasteiger partial charge in [0.05, 0.1) is 24.8 Å². The lowest BCUT2D eigenvalue weighted by Crippen LogP contribution is -2.46. The summed E-state index contributed by atoms with van der Waals surface area (Å²) in [6, 6.07) is 15.6. The van der Waals surface area contributed by atoms with Gasteiger partial charge in [-0.3, -0.25) is 4.79 Å². The van der Waals surface area contributed by atoms with Crippen LogP contribution >= 0.6 is 0 Å². The summed E-state index contributed by atoms with van der Waals surface area (Å²) in [5.74, 6) is 1.42. The molecule has 0 heterocycles. The molecule has 1 amide bonds. The lowest BCUT2D eigenvalue weighted by Gasteiger charge is -2.40. The Balaban J connectivity index is 1.83. The molecule has 1 fully saturated rings. The van der Waals surface area contributed by atoms with E-state index in [1.165, 1.54) is 0 Å². The summed E-state index contributed by atoms with van der Waals surface area (Å²) >= 11 is 0. The Labute approximate surface area is 155 Å². The Morgan fingerprint density at radius 1 is 1.15 bits per heavy atom. The Kier molecular flexibility index (Phi) is 5.82. The SMILES string of the molecule is CCCCOc1ccc(OC)cc1NC(=O)C1(c2ccccc2)CCC1. The number of anilines is 1. The maximum Gasteiger partial charge on any atom is 0.235 e. The fraction of sp³-hybridized carbons (Fsp3) is 0.409. The van der Waals surface area contributed by atoms with Crippen LogP contribution in [0.4, 0.5) is 5.69 Å². The predicted octanol–water partition coefficient (Wildman–Crippen LogP) is 4.93. The molecule has 3 rings (SSSR count). The summed E-state index contributed by atoms with van der Waals surface area (Å²) in [5.41, 5.74) is 1.32. The number of rotatable bonds is 8. The van der Waals surface area contributed by atoms with E-state index in [9.17, 15) is 4.79 Å². The first kappa shape index (κ1) is 18.3. The zero-order valence-corrected chi connectivity index (χ0v) is 15.6. The number of amides is 1. The summed E-state index contributed by atoms with van der Waals surface area (Å²) in [6.07, 6.45) is 4.86. The smallest absolute Gasteiger partial charge is 0.235 e. The van der Waals surface area contributed by atoms with Crippen LogP contribution in [0.3, 0.4) is 0 Å². The van der Waals surface area contributed by atoms with Gasteiger partial charge >= 0.3 is 0 Å². The molecule has 1 aliphatic rings. The first-order valence-corrected chi connectivity index (χ1v) is 9.37. The number of hydrogen-bond donors (Lipinski definition) is 1. The minimum absolute atomic E-state index is 0.0311. The molecule has 1 aliphatic carbocycles. The number of benzene rings is 2. The first-order chi connectivity index (χ1) is 12.7. The van der Waals surface area contributed by atoms with E-state index in [2.05, 4.69) is 12.2 Å². The van der Waals surface area contributed by atoms with Crippen molar-refractivity contribution in [2.45, 2.75) is 44.4 Å². The zero-order chi connectivity index (χ0) is 18.4. The highest BCUT2D eigenvalue weighted by Gasteiger charge is 2.45. The summed E-state index contributed by atoms with van der Waals surface area (Å²) in [5, 5.41) is 3.11. The summed E-state index contributed by atoms with van der Waals surface area (Å²) in [4.78, 5) is 13.2. The molecule has 4 nitrogen and oxygen atoms in total. The van der Waals surface area contributed by atoms with Gasteiger partial charge in [-0.05, 0) is 37.0 Å². The highest BCUT2D eigenvalue weighted by molar-refractivity contribution is 6.01. The predicted molar refractivity (Wildman–Crippen MR) is 104 cm³/mol. The van der Waals surface area contributed by atoms with Gasteiger partial charge in [0.15, 0.2) is 0 Å². The number of carbonyl (C=O) groups is 1. The molecular weight excluding hydrogens is 326 g/mol. The molecule has 0 atom stereocenters. The largest absolute Gasteiger partial charge is 0.497 e. The third kappa shape index (κ3) is 3.69. The quantitative estimate of drug-likeness (QED) is 0.684. The van der Waals surface area contributed by atoms with Gasteiger partial charge in [0.25, 0.3) is 0 Å². The minimum Gasteiger partial charge on any atom is -0.497 e. The second kappa shape index (κ2) is 8.26. The topological polar surface area (TPSA) is 47.6 Å². The van der Waals surface area contributed by atoms with Gasteiger partial charge in [0, 0.05) is 6.07 Å². The zero-order valence-electron chi connectivity index (χ0n) is 15.6. The van der Waals surface area contributed by atoms with Crippen molar-refractivity contribution in [3.05, 3.63) is 54.1 Å². The van der Waals surface area contributed by atoms with Gasteiger partial charge in [-0.25, -0.2) is 0 Å². The van der Waals surface area contributed by atoms with Crippen molar-refractivity contribution < 1.29 is 14.3 Å². The van der Waals surface area contributed by atoms with E-state index in [4.69, 9.17) is 9.47 Å². The van der Waals surface area contributed by atoms with E-state index >= 15 is 0 Å². The second-order valence-corrected chi connectivity index (χ2v) is 6.82. The minimum atomic E-state index is -0.439. The standard InChI is InChI=1S/C22H27NO3/c1-3-4-15-26-20-12-11-18(25-2)16-19(20)23-21(24)22(13-8-14-22)17-9-6-5-7-10-17/h5-7,9-12,16H,3-4,8,13-15H2,1-2H3,(H,23,24). The molecular formula is C22H27NO3. The van der Waals surface area contributed by atoms with Gasteiger partial charge in [-0.2, -0.15) is 0 Å². The molecule has 26 heavy (non-hydrogen) atoms. The van der Waals surface area contributed by atoms with E-state index in [0.717, 1.165) is 37.7 Å². The monoisotopic (exact) mass is 353 g/mol. The molecule has 1 saturated carbocycles. The van der Waals surface area contributed by atoms with Gasteiger partial charge in [-0.1, -0.05) is 50.1 Å². The van der Waals surface area contributed by atoms with Crippen molar-refractivity contribution in [1.82, 2.24) is 0 Å². The third-order valence-corrected chi connectivity index (χ3v) is 5.16. The first-order valence-electron chi connectivity index (χ1n) is 9.37. The van der Waals surface area contributed by atoms with E-state index in [-0.39, 0.29) is 5.91 Å². The molecule has 0 aromatic heterocycles. The molecule has 0 bridgehead atoms. The number of nitrogens with one attached hydrogen (secondary N) is 1. The average molecular weight is 353 g/mol. The van der Waals surface area contributed by atoms with Crippen molar-refractivity contribution in [1.29, 1.82) is 0 Å². The third-order valence-electron chi connectivity index (χ3n) is 5.16. The van der Waals surface area contributed by atoms with Crippen LogP contribution in [0.5, 0.6) is 11.5 Å². The van der Waals surface area contributed by atoms with Gasteiger partial charge < -0.3 is 14.8 Å². The highest BCUT2D eigenvalue weighted by Crippen LogP contribution is 2.45. The van der Waals surface area contributed by atoms with Crippen LogP contribution in [0.1, 0.15) is 44.6 Å². The molecule has 0 spiro atoms. The second-order valence-electron chi connectivity index (χ2n) is 6.82. The molecule has 0 saturated heterocycles. The highest BCUT2D eigenvalue weighted by atomic mass is 16.5. The number of unbranched alkanes of at least 4 members (excludes halogenated alkanes) is 1. The van der Waals surface area contributed by atoms with Crippen molar-refractivity contribution in [2.75, 3.05) is 19.0 Å². The number of ether oxygens (including phenoxy) is 2. The van der Waals surface area contributed by atoms with Crippen molar-refractivity contribution in [3.63, 3.8) is 0 Å². The molecule has 0 aliphatic heterocycles. The van der Waals surface area contributed by atoms with Crippen LogP contribution in [-0.4, -0.2) is 19.6 Å². The van der Waals surface area contributed by atoms with Crippen molar-refractivity contribution >= 4 is 11.6 Å². The van der Waals surface area contributed by atoms with E-state index in [1.807, 2.05) is 48.5 Å². The van der Waals surface area contributed by atoms with E-state index < -0.39 is 5.41 Å². The fourth-order valence-corrected chi connectivity index (χ4v) is 3.36. The molecule has 4 heteroatoms. The Hall–Kier alpha value is -2.49. The van der Waals surface area contributed by atoms with Crippen molar-refractivity contribution in [3.8, 4) is 11.5 Å². The fourth-order valence-electron chi connectivity index (χ4n) is 3.36. The molecule has 0 radical (unpaired) electrons. The van der Waals surface area contributed by atoms with Crippen LogP contribution in [0.2, 0.25) is 0 Å². The molecule has 2 aromatic rings. The van der Waals surface area contributed by atoms with Crippen LogP contribution in [0.15, 0.2) is 48.5 Å². The molecule has 2 aromatic carbocycles. The average Bonchev–Trinajstić information content (AvgIpc) is 2.63. The maximum atomic E-state index is 13.2. The van der Waals surface area contributed by atoms with Crippen molar-refractivity contribution in [2.24, 2.45) is 0 Å². The van der Waals surface area contributed by atoms with Gasteiger partial charge in [0.2, 0.25) is 5.91 Å². The van der Waals surface area contributed by atoms with Crippen LogP contribution in [-0.2, 0) is 10.2 Å². The van der Waals surface area contributed by atoms with E-state index in [0.29, 0.717) is 23.8 Å². The number of methoxy groups -OCH3 is 1. The Bertz CT molecular complexity index is 738. The lowest BCUT2D eigenvalue weighted by molar-refractivity contribution is -0.124. The van der Waals surface area contributed by atoms with Gasteiger partial charge in [-0.15, -0.1) is 0 Å². The molecule has 138 valence electrons. The number of carbonyl (C=O) groups excluding carboxylic acids is 1.